The minimum atomic E-state index is -1.10. The molecular weight excluding hydrogens is 236 g/mol. The molecule has 0 aromatic heterocycles. The van der Waals surface area contributed by atoms with Crippen molar-refractivity contribution in [1.82, 2.24) is 5.32 Å². The van der Waals surface area contributed by atoms with Crippen LogP contribution in [0, 0.1) is 0 Å². The maximum Gasteiger partial charge on any atom is 0.305 e. The maximum absolute atomic E-state index is 11.5. The van der Waals surface area contributed by atoms with E-state index in [4.69, 9.17) is 15.6 Å². The van der Waals surface area contributed by atoms with E-state index in [-0.39, 0.29) is 6.42 Å². The lowest BCUT2D eigenvalue weighted by Gasteiger charge is -2.10. The van der Waals surface area contributed by atoms with Crippen LogP contribution in [-0.2, 0) is 16.1 Å². The van der Waals surface area contributed by atoms with E-state index in [1.54, 1.807) is 19.2 Å². The minimum absolute atomic E-state index is 0.302. The Kier molecular flexibility index (Phi) is 5.13. The Hall–Kier alpha value is -2.08. The van der Waals surface area contributed by atoms with Crippen molar-refractivity contribution < 1.29 is 19.4 Å². The molecule has 98 valence electrons. The quantitative estimate of drug-likeness (QED) is 0.667. The number of hydrogen-bond donors (Lipinski definition) is 3. The average Bonchev–Trinajstić information content (AvgIpc) is 2.35. The van der Waals surface area contributed by atoms with E-state index in [2.05, 4.69) is 5.32 Å². The number of amides is 1. The number of ether oxygens (including phenoxy) is 1. The number of nitrogens with two attached hydrogens (primary N) is 1. The largest absolute Gasteiger partial charge is 0.497 e. The Bertz CT molecular complexity index is 417. The Morgan fingerprint density at radius 2 is 2.00 bits per heavy atom. The second-order valence-corrected chi connectivity index (χ2v) is 3.77. The highest BCUT2D eigenvalue weighted by atomic mass is 16.5. The minimum Gasteiger partial charge on any atom is -0.497 e. The fraction of sp³-hybridized carbons (Fsp3) is 0.333. The van der Waals surface area contributed by atoms with E-state index < -0.39 is 17.9 Å². The van der Waals surface area contributed by atoms with Crippen LogP contribution < -0.4 is 15.8 Å². The van der Waals surface area contributed by atoms with Gasteiger partial charge in [0.05, 0.1) is 19.6 Å². The van der Waals surface area contributed by atoms with Crippen LogP contribution in [0.1, 0.15) is 12.0 Å². The first-order valence-electron chi connectivity index (χ1n) is 5.41. The van der Waals surface area contributed by atoms with Crippen molar-refractivity contribution >= 4 is 11.9 Å². The van der Waals surface area contributed by atoms with Gasteiger partial charge in [0.1, 0.15) is 5.75 Å². The molecule has 1 amide bonds. The number of carboxylic acid groups (broad SMARTS) is 1. The topological polar surface area (TPSA) is 102 Å². The highest BCUT2D eigenvalue weighted by Gasteiger charge is 2.16. The Labute approximate surface area is 105 Å². The molecule has 6 nitrogen and oxygen atoms in total. The van der Waals surface area contributed by atoms with Crippen molar-refractivity contribution in [3.63, 3.8) is 0 Å². The maximum atomic E-state index is 11.5. The summed E-state index contributed by atoms with van der Waals surface area (Å²) in [6.45, 7) is 0.302. The van der Waals surface area contributed by atoms with Crippen molar-refractivity contribution in [2.75, 3.05) is 7.11 Å². The Morgan fingerprint density at radius 3 is 2.50 bits per heavy atom. The van der Waals surface area contributed by atoms with Gasteiger partial charge < -0.3 is 20.9 Å². The number of nitrogens with one attached hydrogen (secondary N) is 1. The van der Waals surface area contributed by atoms with Crippen LogP contribution in [0.5, 0.6) is 5.75 Å². The molecule has 18 heavy (non-hydrogen) atoms. The summed E-state index contributed by atoms with van der Waals surface area (Å²) < 4.78 is 5.00. The molecular formula is C12H16N2O4. The van der Waals surface area contributed by atoms with Crippen LogP contribution >= 0.6 is 0 Å². The molecule has 0 heterocycles. The molecule has 0 radical (unpaired) electrons. The molecule has 0 aliphatic carbocycles. The van der Waals surface area contributed by atoms with Gasteiger partial charge in [0.2, 0.25) is 5.91 Å². The molecule has 1 aromatic rings. The van der Waals surface area contributed by atoms with E-state index in [9.17, 15) is 9.59 Å². The van der Waals surface area contributed by atoms with Crippen molar-refractivity contribution in [1.29, 1.82) is 0 Å². The molecule has 0 saturated carbocycles. The average molecular weight is 252 g/mol. The Morgan fingerprint density at radius 1 is 1.39 bits per heavy atom. The van der Waals surface area contributed by atoms with E-state index in [0.29, 0.717) is 6.54 Å². The van der Waals surface area contributed by atoms with Gasteiger partial charge in [0.25, 0.3) is 0 Å². The summed E-state index contributed by atoms with van der Waals surface area (Å²) in [4.78, 5) is 21.8. The van der Waals surface area contributed by atoms with Gasteiger partial charge in [-0.1, -0.05) is 12.1 Å². The number of aliphatic carboxylic acids is 1. The number of benzene rings is 1. The van der Waals surface area contributed by atoms with Crippen molar-refractivity contribution in [2.24, 2.45) is 5.73 Å². The summed E-state index contributed by atoms with van der Waals surface area (Å²) in [7, 11) is 1.57. The van der Waals surface area contributed by atoms with Crippen molar-refractivity contribution in [3.05, 3.63) is 29.8 Å². The number of carboxylic acids is 1. The zero-order valence-corrected chi connectivity index (χ0v) is 10.1. The van der Waals surface area contributed by atoms with Gasteiger partial charge in [-0.25, -0.2) is 0 Å². The van der Waals surface area contributed by atoms with Crippen molar-refractivity contribution in [2.45, 2.75) is 19.0 Å². The number of hydrogen-bond acceptors (Lipinski definition) is 4. The van der Waals surface area contributed by atoms with E-state index in [1.807, 2.05) is 12.1 Å². The van der Waals surface area contributed by atoms with Gasteiger partial charge in [-0.2, -0.15) is 0 Å². The lowest BCUT2D eigenvalue weighted by atomic mass is 10.2. The number of methoxy groups -OCH3 is 1. The summed E-state index contributed by atoms with van der Waals surface area (Å²) in [6, 6.07) is 6.14. The van der Waals surface area contributed by atoms with Crippen LogP contribution in [0.25, 0.3) is 0 Å². The lowest BCUT2D eigenvalue weighted by molar-refractivity contribution is -0.139. The first-order valence-corrected chi connectivity index (χ1v) is 5.41. The molecule has 1 unspecified atom stereocenters. The zero-order chi connectivity index (χ0) is 13.5. The molecule has 1 rings (SSSR count). The molecule has 1 atom stereocenters. The highest BCUT2D eigenvalue weighted by Crippen LogP contribution is 2.10. The molecule has 0 aliphatic rings. The summed E-state index contributed by atoms with van der Waals surface area (Å²) >= 11 is 0. The molecule has 0 saturated heterocycles. The normalized spacial score (nSPS) is 11.7. The van der Waals surface area contributed by atoms with Crippen LogP contribution in [-0.4, -0.2) is 30.1 Å². The number of carbonyl (C=O) groups excluding carboxylic acids is 1. The monoisotopic (exact) mass is 252 g/mol. The predicted octanol–water partition coefficient (Wildman–Crippen LogP) is 0.113. The lowest BCUT2D eigenvalue weighted by Crippen LogP contribution is -2.41. The smallest absolute Gasteiger partial charge is 0.305 e. The number of rotatable bonds is 6. The Balaban J connectivity index is 2.44. The number of carbonyl (C=O) groups is 2. The van der Waals surface area contributed by atoms with Gasteiger partial charge >= 0.3 is 5.97 Å². The van der Waals surface area contributed by atoms with E-state index >= 15 is 0 Å². The standard InChI is InChI=1S/C12H16N2O4/c1-18-9-4-2-8(3-5-9)7-14-12(17)10(13)6-11(15)16/h2-5,10H,6-7,13H2,1H3,(H,14,17)(H,15,16). The van der Waals surface area contributed by atoms with Gasteiger partial charge in [-0.3, -0.25) is 9.59 Å². The third kappa shape index (κ3) is 4.42. The molecule has 0 bridgehead atoms. The molecule has 6 heteroatoms. The van der Waals surface area contributed by atoms with Gasteiger partial charge in [-0.15, -0.1) is 0 Å². The fourth-order valence-corrected chi connectivity index (χ4v) is 1.34. The van der Waals surface area contributed by atoms with E-state index in [1.165, 1.54) is 0 Å². The fourth-order valence-electron chi connectivity index (χ4n) is 1.34. The van der Waals surface area contributed by atoms with Gasteiger partial charge in [-0.05, 0) is 17.7 Å². The predicted molar refractivity (Wildman–Crippen MR) is 65.1 cm³/mol. The van der Waals surface area contributed by atoms with Crippen LogP contribution in [0.2, 0.25) is 0 Å². The summed E-state index contributed by atoms with van der Waals surface area (Å²) in [5.41, 5.74) is 6.30. The molecule has 0 spiro atoms. The molecule has 1 aromatic carbocycles. The molecule has 4 N–H and O–H groups in total. The summed E-state index contributed by atoms with van der Waals surface area (Å²) in [5, 5.41) is 11.1. The van der Waals surface area contributed by atoms with Crippen LogP contribution in [0.3, 0.4) is 0 Å². The highest BCUT2D eigenvalue weighted by molar-refractivity contribution is 5.85. The third-order valence-electron chi connectivity index (χ3n) is 2.36. The van der Waals surface area contributed by atoms with Gasteiger partial charge in [0.15, 0.2) is 0 Å². The van der Waals surface area contributed by atoms with Crippen LogP contribution in [0.15, 0.2) is 24.3 Å². The van der Waals surface area contributed by atoms with Crippen molar-refractivity contribution in [3.8, 4) is 5.75 Å². The third-order valence-corrected chi connectivity index (χ3v) is 2.36. The second-order valence-electron chi connectivity index (χ2n) is 3.77. The van der Waals surface area contributed by atoms with E-state index in [0.717, 1.165) is 11.3 Å². The summed E-state index contributed by atoms with van der Waals surface area (Å²) in [5.74, 6) is -0.844. The SMILES string of the molecule is COc1ccc(CNC(=O)C(N)CC(=O)O)cc1. The second kappa shape index (κ2) is 6.61. The van der Waals surface area contributed by atoms with Gasteiger partial charge in [0, 0.05) is 6.54 Å². The molecule has 0 aliphatic heterocycles. The first-order chi connectivity index (χ1) is 8.52. The summed E-state index contributed by atoms with van der Waals surface area (Å²) in [6.07, 6.45) is -0.381. The zero-order valence-electron chi connectivity index (χ0n) is 10.1. The first kappa shape index (κ1) is 14.0. The molecule has 0 fully saturated rings. The van der Waals surface area contributed by atoms with Crippen LogP contribution in [0.4, 0.5) is 0 Å².